The Kier molecular flexibility index (Phi) is 3.59. The largest absolute Gasteiger partial charge is 0.508 e. The fourth-order valence-corrected chi connectivity index (χ4v) is 1.84. The number of nitrogens with two attached hydrogens (primary N) is 1. The molecule has 0 fully saturated rings. The first-order chi connectivity index (χ1) is 9.29. The van der Waals surface area contributed by atoms with Crippen LogP contribution in [0.25, 0.3) is 0 Å². The van der Waals surface area contributed by atoms with Crippen molar-refractivity contribution in [2.75, 3.05) is 5.73 Å². The van der Waals surface area contributed by atoms with E-state index in [-0.39, 0.29) is 17.0 Å². The van der Waals surface area contributed by atoms with E-state index in [9.17, 15) is 18.3 Å². The number of rotatable bonds is 2. The second-order valence-corrected chi connectivity index (χ2v) is 4.34. The lowest BCUT2D eigenvalue weighted by molar-refractivity contribution is -0.137. The number of alkyl halides is 3. The highest BCUT2D eigenvalue weighted by Gasteiger charge is 2.31. The Morgan fingerprint density at radius 2 is 1.60 bits per heavy atom. The van der Waals surface area contributed by atoms with Gasteiger partial charge in [0.2, 0.25) is 0 Å². The maximum atomic E-state index is 12.5. The molecule has 3 nitrogen and oxygen atoms in total. The second kappa shape index (κ2) is 5.05. The van der Waals surface area contributed by atoms with E-state index in [1.807, 2.05) is 0 Å². The Balaban J connectivity index is 2.36. The van der Waals surface area contributed by atoms with Crippen molar-refractivity contribution in [2.45, 2.75) is 12.3 Å². The Labute approximate surface area is 113 Å². The maximum absolute atomic E-state index is 12.5. The zero-order chi connectivity index (χ0) is 14.9. The van der Waals surface area contributed by atoms with Gasteiger partial charge in [-0.05, 0) is 29.8 Å². The van der Waals surface area contributed by atoms with E-state index in [4.69, 9.17) is 10.8 Å². The summed E-state index contributed by atoms with van der Waals surface area (Å²) in [6.07, 6.45) is -5.63. The summed E-state index contributed by atoms with van der Waals surface area (Å²) in [5, 5.41) is 19.3. The molecule has 0 aliphatic rings. The molecule has 1 unspecified atom stereocenters. The lowest BCUT2D eigenvalue weighted by Gasteiger charge is -2.16. The first kappa shape index (κ1) is 14.2. The highest BCUT2D eigenvalue weighted by molar-refractivity contribution is 5.53. The van der Waals surface area contributed by atoms with Crippen LogP contribution >= 0.6 is 0 Å². The summed E-state index contributed by atoms with van der Waals surface area (Å²) in [7, 11) is 0. The zero-order valence-corrected chi connectivity index (χ0v) is 10.2. The van der Waals surface area contributed by atoms with Gasteiger partial charge in [-0.3, -0.25) is 0 Å². The monoisotopic (exact) mass is 283 g/mol. The van der Waals surface area contributed by atoms with Gasteiger partial charge >= 0.3 is 6.18 Å². The van der Waals surface area contributed by atoms with Crippen molar-refractivity contribution < 1.29 is 23.4 Å². The standard InChI is InChI=1S/C14H12F3NO2/c15-14(16,17)9-3-6-11(12(18)7-9)13(20)8-1-4-10(19)5-2-8/h1-7,13,19-20H,18H2. The predicted octanol–water partition coefficient (Wildman–Crippen LogP) is 3.07. The van der Waals surface area contributed by atoms with Gasteiger partial charge in [-0.1, -0.05) is 18.2 Å². The van der Waals surface area contributed by atoms with Crippen LogP contribution in [-0.2, 0) is 6.18 Å². The van der Waals surface area contributed by atoms with Crippen LogP contribution < -0.4 is 5.73 Å². The van der Waals surface area contributed by atoms with Crippen molar-refractivity contribution in [1.82, 2.24) is 0 Å². The van der Waals surface area contributed by atoms with E-state index in [0.717, 1.165) is 18.2 Å². The number of halogens is 3. The predicted molar refractivity (Wildman–Crippen MR) is 68.0 cm³/mol. The summed E-state index contributed by atoms with van der Waals surface area (Å²) in [4.78, 5) is 0. The Morgan fingerprint density at radius 1 is 1.00 bits per heavy atom. The molecule has 1 atom stereocenters. The molecule has 0 spiro atoms. The van der Waals surface area contributed by atoms with E-state index in [1.54, 1.807) is 0 Å². The van der Waals surface area contributed by atoms with Gasteiger partial charge in [0.25, 0.3) is 0 Å². The number of hydrogen-bond acceptors (Lipinski definition) is 3. The first-order valence-electron chi connectivity index (χ1n) is 5.72. The molecule has 0 aliphatic carbocycles. The van der Waals surface area contributed by atoms with E-state index in [0.29, 0.717) is 5.56 Å². The molecule has 106 valence electrons. The quantitative estimate of drug-likeness (QED) is 0.742. The molecule has 2 aromatic rings. The topological polar surface area (TPSA) is 66.5 Å². The van der Waals surface area contributed by atoms with Crippen LogP contribution in [0, 0.1) is 0 Å². The molecule has 0 aromatic heterocycles. The lowest BCUT2D eigenvalue weighted by atomic mass is 9.98. The zero-order valence-electron chi connectivity index (χ0n) is 10.2. The number of benzene rings is 2. The Hall–Kier alpha value is -2.21. The molecular formula is C14H12F3NO2. The van der Waals surface area contributed by atoms with Gasteiger partial charge in [-0.2, -0.15) is 13.2 Å². The molecule has 0 amide bonds. The maximum Gasteiger partial charge on any atom is 0.416 e. The molecule has 0 saturated carbocycles. The summed E-state index contributed by atoms with van der Waals surface area (Å²) in [5.41, 5.74) is 5.18. The molecule has 0 radical (unpaired) electrons. The van der Waals surface area contributed by atoms with Crippen molar-refractivity contribution in [3.05, 3.63) is 59.2 Å². The molecule has 2 aromatic carbocycles. The van der Waals surface area contributed by atoms with E-state index >= 15 is 0 Å². The van der Waals surface area contributed by atoms with E-state index < -0.39 is 17.8 Å². The minimum Gasteiger partial charge on any atom is -0.508 e. The molecule has 0 aliphatic heterocycles. The average Bonchev–Trinajstić information content (AvgIpc) is 2.37. The van der Waals surface area contributed by atoms with Gasteiger partial charge < -0.3 is 15.9 Å². The number of aliphatic hydroxyl groups excluding tert-OH is 1. The van der Waals surface area contributed by atoms with Gasteiger partial charge in [0.1, 0.15) is 11.9 Å². The van der Waals surface area contributed by atoms with Gasteiger partial charge in [-0.25, -0.2) is 0 Å². The molecule has 6 heteroatoms. The fraction of sp³-hybridized carbons (Fsp3) is 0.143. The highest BCUT2D eigenvalue weighted by atomic mass is 19.4. The van der Waals surface area contributed by atoms with Gasteiger partial charge in [0.05, 0.1) is 5.56 Å². The normalized spacial score (nSPS) is 13.2. The summed E-state index contributed by atoms with van der Waals surface area (Å²) < 4.78 is 37.6. The van der Waals surface area contributed by atoms with E-state index in [2.05, 4.69) is 0 Å². The minimum atomic E-state index is -4.48. The Morgan fingerprint density at radius 3 is 2.10 bits per heavy atom. The summed E-state index contributed by atoms with van der Waals surface area (Å²) >= 11 is 0. The molecule has 0 bridgehead atoms. The second-order valence-electron chi connectivity index (χ2n) is 4.34. The number of phenols is 1. The highest BCUT2D eigenvalue weighted by Crippen LogP contribution is 2.34. The molecule has 0 saturated heterocycles. The van der Waals surface area contributed by atoms with Crippen LogP contribution in [0.4, 0.5) is 18.9 Å². The third-order valence-electron chi connectivity index (χ3n) is 2.92. The molecule has 4 N–H and O–H groups in total. The van der Waals surface area contributed by atoms with Crippen molar-refractivity contribution >= 4 is 5.69 Å². The number of phenolic OH excluding ortho intramolecular Hbond substituents is 1. The van der Waals surface area contributed by atoms with Crippen LogP contribution in [0.15, 0.2) is 42.5 Å². The molecule has 0 heterocycles. The SMILES string of the molecule is Nc1cc(C(F)(F)F)ccc1C(O)c1ccc(O)cc1. The number of nitrogen functional groups attached to an aromatic ring is 1. The van der Waals surface area contributed by atoms with E-state index in [1.165, 1.54) is 24.3 Å². The van der Waals surface area contributed by atoms with Gasteiger partial charge in [0.15, 0.2) is 0 Å². The summed E-state index contributed by atoms with van der Waals surface area (Å²) in [6, 6.07) is 8.50. The van der Waals surface area contributed by atoms with Crippen molar-refractivity contribution in [3.63, 3.8) is 0 Å². The van der Waals surface area contributed by atoms with Gasteiger partial charge in [0, 0.05) is 11.3 Å². The molecule has 2 rings (SSSR count). The summed E-state index contributed by atoms with van der Waals surface area (Å²) in [5.74, 6) is 0.0290. The van der Waals surface area contributed by atoms with Gasteiger partial charge in [-0.15, -0.1) is 0 Å². The van der Waals surface area contributed by atoms with Crippen LogP contribution in [-0.4, -0.2) is 10.2 Å². The smallest absolute Gasteiger partial charge is 0.416 e. The van der Waals surface area contributed by atoms with Crippen LogP contribution in [0.5, 0.6) is 5.75 Å². The lowest BCUT2D eigenvalue weighted by Crippen LogP contribution is -2.09. The van der Waals surface area contributed by atoms with Crippen molar-refractivity contribution in [3.8, 4) is 5.75 Å². The number of aromatic hydroxyl groups is 1. The summed E-state index contributed by atoms with van der Waals surface area (Å²) in [6.45, 7) is 0. The average molecular weight is 283 g/mol. The number of hydrogen-bond donors (Lipinski definition) is 3. The third-order valence-corrected chi connectivity index (χ3v) is 2.92. The number of anilines is 1. The van der Waals surface area contributed by atoms with Crippen molar-refractivity contribution in [1.29, 1.82) is 0 Å². The van der Waals surface area contributed by atoms with Crippen LogP contribution in [0.3, 0.4) is 0 Å². The minimum absolute atomic E-state index is 0.0290. The fourth-order valence-electron chi connectivity index (χ4n) is 1.84. The van der Waals surface area contributed by atoms with Crippen LogP contribution in [0.1, 0.15) is 22.8 Å². The third kappa shape index (κ3) is 2.85. The van der Waals surface area contributed by atoms with Crippen LogP contribution in [0.2, 0.25) is 0 Å². The molecular weight excluding hydrogens is 271 g/mol. The Bertz CT molecular complexity index is 609. The first-order valence-corrected chi connectivity index (χ1v) is 5.72. The molecule has 20 heavy (non-hydrogen) atoms. The van der Waals surface area contributed by atoms with Crippen molar-refractivity contribution in [2.24, 2.45) is 0 Å². The number of aliphatic hydroxyl groups is 1.